The molecule has 1 aromatic carbocycles. The molecule has 0 saturated heterocycles. The maximum atomic E-state index is 6.05. The Balaban J connectivity index is 1.97. The van der Waals surface area contributed by atoms with Crippen LogP contribution in [0.2, 0.25) is 5.02 Å². The van der Waals surface area contributed by atoms with Crippen molar-refractivity contribution in [3.8, 4) is 0 Å². The van der Waals surface area contributed by atoms with Crippen LogP contribution in [0.1, 0.15) is 37.8 Å². The SMILES string of the molecule is Cc1cc(NC2CCCCC2)c2ccc(Cl)cc2n1. The number of aryl methyl sites for hydroxylation is 1. The van der Waals surface area contributed by atoms with Crippen LogP contribution < -0.4 is 5.32 Å². The highest BCUT2D eigenvalue weighted by Gasteiger charge is 2.14. The Hall–Kier alpha value is -1.28. The molecule has 0 unspecified atom stereocenters. The van der Waals surface area contributed by atoms with Crippen LogP contribution in [0.15, 0.2) is 24.3 Å². The zero-order chi connectivity index (χ0) is 13.2. The van der Waals surface area contributed by atoms with Gasteiger partial charge in [0.05, 0.1) is 5.52 Å². The van der Waals surface area contributed by atoms with E-state index in [-0.39, 0.29) is 0 Å². The van der Waals surface area contributed by atoms with Crippen molar-refractivity contribution in [2.24, 2.45) is 0 Å². The fourth-order valence-corrected chi connectivity index (χ4v) is 3.09. The molecule has 0 atom stereocenters. The molecule has 1 saturated carbocycles. The van der Waals surface area contributed by atoms with Gasteiger partial charge < -0.3 is 5.32 Å². The summed E-state index contributed by atoms with van der Waals surface area (Å²) in [4.78, 5) is 4.57. The number of hydrogen-bond donors (Lipinski definition) is 1. The summed E-state index contributed by atoms with van der Waals surface area (Å²) in [6.07, 6.45) is 6.60. The van der Waals surface area contributed by atoms with E-state index in [4.69, 9.17) is 11.6 Å². The molecule has 2 nitrogen and oxygen atoms in total. The molecule has 1 N–H and O–H groups in total. The minimum Gasteiger partial charge on any atom is -0.382 e. The molecule has 1 aromatic heterocycles. The van der Waals surface area contributed by atoms with Gasteiger partial charge in [0.2, 0.25) is 0 Å². The van der Waals surface area contributed by atoms with Crippen molar-refractivity contribution in [1.29, 1.82) is 0 Å². The average molecular weight is 275 g/mol. The summed E-state index contributed by atoms with van der Waals surface area (Å²) in [6, 6.07) is 8.69. The van der Waals surface area contributed by atoms with Gasteiger partial charge in [0.25, 0.3) is 0 Å². The van der Waals surface area contributed by atoms with E-state index in [9.17, 15) is 0 Å². The molecule has 0 amide bonds. The number of rotatable bonds is 2. The van der Waals surface area contributed by atoms with Crippen LogP contribution >= 0.6 is 11.6 Å². The Kier molecular flexibility index (Phi) is 3.61. The summed E-state index contributed by atoms with van der Waals surface area (Å²) in [5.74, 6) is 0. The summed E-state index contributed by atoms with van der Waals surface area (Å²) in [6.45, 7) is 2.03. The quantitative estimate of drug-likeness (QED) is 0.839. The molecule has 0 aliphatic heterocycles. The average Bonchev–Trinajstić information content (AvgIpc) is 2.39. The van der Waals surface area contributed by atoms with E-state index < -0.39 is 0 Å². The van der Waals surface area contributed by atoms with Gasteiger partial charge in [-0.3, -0.25) is 4.98 Å². The van der Waals surface area contributed by atoms with E-state index in [2.05, 4.69) is 22.4 Å². The van der Waals surface area contributed by atoms with Crippen molar-refractivity contribution in [1.82, 2.24) is 4.98 Å². The van der Waals surface area contributed by atoms with Crippen molar-refractivity contribution >= 4 is 28.2 Å². The Morgan fingerprint density at radius 1 is 1.16 bits per heavy atom. The molecule has 3 heteroatoms. The Morgan fingerprint density at radius 2 is 1.95 bits per heavy atom. The van der Waals surface area contributed by atoms with Gasteiger partial charge in [-0.15, -0.1) is 0 Å². The lowest BCUT2D eigenvalue weighted by Gasteiger charge is -2.24. The standard InChI is InChI=1S/C16H19ClN2/c1-11-9-15(19-13-5-3-2-4-6-13)14-8-7-12(17)10-16(14)18-11/h7-10,13H,2-6H2,1H3,(H,18,19). The number of hydrogen-bond acceptors (Lipinski definition) is 2. The second-order valence-corrected chi connectivity index (χ2v) is 5.89. The zero-order valence-corrected chi connectivity index (χ0v) is 12.0. The monoisotopic (exact) mass is 274 g/mol. The third kappa shape index (κ3) is 2.84. The van der Waals surface area contributed by atoms with Crippen LogP contribution in [-0.2, 0) is 0 Å². The van der Waals surface area contributed by atoms with Crippen molar-refractivity contribution in [3.05, 3.63) is 35.0 Å². The van der Waals surface area contributed by atoms with Crippen molar-refractivity contribution in [2.75, 3.05) is 5.32 Å². The second-order valence-electron chi connectivity index (χ2n) is 5.45. The van der Waals surface area contributed by atoms with E-state index in [1.54, 1.807) is 0 Å². The van der Waals surface area contributed by atoms with Crippen LogP contribution in [-0.4, -0.2) is 11.0 Å². The lowest BCUT2D eigenvalue weighted by molar-refractivity contribution is 0.463. The number of fused-ring (bicyclic) bond motifs is 1. The number of aromatic nitrogens is 1. The van der Waals surface area contributed by atoms with Gasteiger partial charge in [-0.1, -0.05) is 30.9 Å². The third-order valence-corrected chi connectivity index (χ3v) is 4.10. The summed E-state index contributed by atoms with van der Waals surface area (Å²) in [7, 11) is 0. The fourth-order valence-electron chi connectivity index (χ4n) is 2.92. The van der Waals surface area contributed by atoms with Crippen LogP contribution in [0.4, 0.5) is 5.69 Å². The summed E-state index contributed by atoms with van der Waals surface area (Å²) < 4.78 is 0. The molecular weight excluding hydrogens is 256 g/mol. The first-order valence-corrected chi connectivity index (χ1v) is 7.43. The van der Waals surface area contributed by atoms with Crippen LogP contribution in [0.5, 0.6) is 0 Å². The molecule has 19 heavy (non-hydrogen) atoms. The largest absolute Gasteiger partial charge is 0.382 e. The number of anilines is 1. The number of halogens is 1. The van der Waals surface area contributed by atoms with Gasteiger partial charge in [-0.25, -0.2) is 0 Å². The highest BCUT2D eigenvalue weighted by atomic mass is 35.5. The van der Waals surface area contributed by atoms with Gasteiger partial charge in [0.15, 0.2) is 0 Å². The van der Waals surface area contributed by atoms with Crippen molar-refractivity contribution in [3.63, 3.8) is 0 Å². The summed E-state index contributed by atoms with van der Waals surface area (Å²) >= 11 is 6.05. The van der Waals surface area contributed by atoms with Gasteiger partial charge in [-0.2, -0.15) is 0 Å². The molecule has 1 aliphatic rings. The maximum Gasteiger partial charge on any atom is 0.0740 e. The van der Waals surface area contributed by atoms with Crippen LogP contribution in [0.25, 0.3) is 10.9 Å². The second kappa shape index (κ2) is 5.38. The van der Waals surface area contributed by atoms with E-state index in [1.165, 1.54) is 43.2 Å². The van der Waals surface area contributed by atoms with Crippen molar-refractivity contribution < 1.29 is 0 Å². The predicted molar refractivity (Wildman–Crippen MR) is 82.0 cm³/mol. The van der Waals surface area contributed by atoms with E-state index in [0.717, 1.165) is 16.2 Å². The lowest BCUT2D eigenvalue weighted by Crippen LogP contribution is -2.22. The number of nitrogens with one attached hydrogen (secondary N) is 1. The molecule has 0 spiro atoms. The molecule has 0 radical (unpaired) electrons. The predicted octanol–water partition coefficient (Wildman–Crippen LogP) is 4.94. The summed E-state index contributed by atoms with van der Waals surface area (Å²) in [5.41, 5.74) is 3.21. The van der Waals surface area contributed by atoms with Crippen molar-refractivity contribution in [2.45, 2.75) is 45.1 Å². The first-order chi connectivity index (χ1) is 9.22. The van der Waals surface area contributed by atoms with Gasteiger partial charge in [-0.05, 0) is 44.0 Å². The molecule has 1 fully saturated rings. The fraction of sp³-hybridized carbons (Fsp3) is 0.438. The number of pyridine rings is 1. The maximum absolute atomic E-state index is 6.05. The highest BCUT2D eigenvalue weighted by Crippen LogP contribution is 2.28. The highest BCUT2D eigenvalue weighted by molar-refractivity contribution is 6.31. The van der Waals surface area contributed by atoms with Gasteiger partial charge in [0, 0.05) is 27.8 Å². The van der Waals surface area contributed by atoms with E-state index in [0.29, 0.717) is 6.04 Å². The molecule has 1 heterocycles. The lowest BCUT2D eigenvalue weighted by atomic mass is 9.95. The molecular formula is C16H19ClN2. The molecule has 100 valence electrons. The third-order valence-electron chi connectivity index (χ3n) is 3.86. The normalized spacial score (nSPS) is 16.7. The van der Waals surface area contributed by atoms with Gasteiger partial charge in [0.1, 0.15) is 0 Å². The number of benzene rings is 1. The summed E-state index contributed by atoms with van der Waals surface area (Å²) in [5, 5.41) is 5.61. The van der Waals surface area contributed by atoms with E-state index in [1.807, 2.05) is 19.1 Å². The number of nitrogens with zero attached hydrogens (tertiary/aromatic N) is 1. The Bertz CT molecular complexity index is 583. The van der Waals surface area contributed by atoms with Crippen LogP contribution in [0.3, 0.4) is 0 Å². The Labute approximate surface area is 119 Å². The molecule has 2 aromatic rings. The molecule has 3 rings (SSSR count). The van der Waals surface area contributed by atoms with Crippen LogP contribution in [0, 0.1) is 6.92 Å². The van der Waals surface area contributed by atoms with E-state index >= 15 is 0 Å². The first kappa shape index (κ1) is 12.7. The minimum absolute atomic E-state index is 0.606. The smallest absolute Gasteiger partial charge is 0.0740 e. The molecule has 0 bridgehead atoms. The Morgan fingerprint density at radius 3 is 2.74 bits per heavy atom. The van der Waals surface area contributed by atoms with Gasteiger partial charge >= 0.3 is 0 Å². The first-order valence-electron chi connectivity index (χ1n) is 7.06. The minimum atomic E-state index is 0.606. The topological polar surface area (TPSA) is 24.9 Å². The molecule has 1 aliphatic carbocycles. The zero-order valence-electron chi connectivity index (χ0n) is 11.2.